The third-order valence-electron chi connectivity index (χ3n) is 4.59. The molecular formula is C21H19ClN4O4S. The second kappa shape index (κ2) is 8.52. The summed E-state index contributed by atoms with van der Waals surface area (Å²) in [6.07, 6.45) is 0. The molecule has 0 bridgehead atoms. The Bertz CT molecular complexity index is 1190. The summed E-state index contributed by atoms with van der Waals surface area (Å²) in [5, 5.41) is 6.51. The van der Waals surface area contributed by atoms with Gasteiger partial charge in [-0.1, -0.05) is 36.8 Å². The second-order valence-electron chi connectivity index (χ2n) is 7.27. The van der Waals surface area contributed by atoms with Gasteiger partial charge in [-0.2, -0.15) is 0 Å². The topological polar surface area (TPSA) is 101 Å². The number of halogens is 1. The second-order valence-corrected chi connectivity index (χ2v) is 8.74. The van der Waals surface area contributed by atoms with E-state index in [2.05, 4.69) is 15.6 Å². The first kappa shape index (κ1) is 21.1. The number of nitrogens with one attached hydrogen (secondary N) is 2. The maximum atomic E-state index is 12.6. The van der Waals surface area contributed by atoms with E-state index in [1.807, 2.05) is 19.9 Å². The Balaban J connectivity index is 1.48. The molecule has 10 heteroatoms. The van der Waals surface area contributed by atoms with E-state index >= 15 is 0 Å². The van der Waals surface area contributed by atoms with Crippen LogP contribution in [0.4, 0.5) is 16.5 Å². The SMILES string of the molecule is CC(C)C(=O)Nc1nc2cc(NC(=O)CN3C(=O)COc4ccc(Cl)cc43)ccc2s1. The number of carbonyl (C=O) groups is 3. The summed E-state index contributed by atoms with van der Waals surface area (Å²) in [6, 6.07) is 10.2. The van der Waals surface area contributed by atoms with E-state index in [9.17, 15) is 14.4 Å². The largest absolute Gasteiger partial charge is 0.482 e. The molecule has 8 nitrogen and oxygen atoms in total. The highest BCUT2D eigenvalue weighted by Gasteiger charge is 2.27. The van der Waals surface area contributed by atoms with Crippen molar-refractivity contribution >= 4 is 67.4 Å². The summed E-state index contributed by atoms with van der Waals surface area (Å²) in [5.41, 5.74) is 1.65. The van der Waals surface area contributed by atoms with E-state index in [1.165, 1.54) is 16.2 Å². The number of fused-ring (bicyclic) bond motifs is 2. The predicted octanol–water partition coefficient (Wildman–Crippen LogP) is 3.91. The molecule has 1 aliphatic heterocycles. The maximum absolute atomic E-state index is 12.6. The Morgan fingerprint density at radius 2 is 2.03 bits per heavy atom. The molecular weight excluding hydrogens is 440 g/mol. The average molecular weight is 459 g/mol. The molecule has 0 aliphatic carbocycles. The first-order chi connectivity index (χ1) is 14.8. The van der Waals surface area contributed by atoms with Crippen LogP contribution in [0.2, 0.25) is 5.02 Å². The van der Waals surface area contributed by atoms with Crippen LogP contribution < -0.4 is 20.3 Å². The fraction of sp³-hybridized carbons (Fsp3) is 0.238. The van der Waals surface area contributed by atoms with Crippen molar-refractivity contribution in [3.8, 4) is 5.75 Å². The van der Waals surface area contributed by atoms with Gasteiger partial charge in [0.15, 0.2) is 11.7 Å². The molecule has 4 rings (SSSR count). The summed E-state index contributed by atoms with van der Waals surface area (Å²) in [7, 11) is 0. The molecule has 1 aliphatic rings. The first-order valence-electron chi connectivity index (χ1n) is 9.54. The van der Waals surface area contributed by atoms with Gasteiger partial charge < -0.3 is 15.4 Å². The number of hydrogen-bond donors (Lipinski definition) is 2. The minimum Gasteiger partial charge on any atom is -0.482 e. The van der Waals surface area contributed by atoms with Crippen LogP contribution in [0.1, 0.15) is 13.8 Å². The quantitative estimate of drug-likeness (QED) is 0.603. The van der Waals surface area contributed by atoms with Gasteiger partial charge in [-0.05, 0) is 36.4 Å². The summed E-state index contributed by atoms with van der Waals surface area (Å²) in [4.78, 5) is 42.6. The highest BCUT2D eigenvalue weighted by atomic mass is 35.5. The van der Waals surface area contributed by atoms with Crippen molar-refractivity contribution < 1.29 is 19.1 Å². The van der Waals surface area contributed by atoms with Crippen LogP contribution in [0.25, 0.3) is 10.2 Å². The highest BCUT2D eigenvalue weighted by molar-refractivity contribution is 7.22. The van der Waals surface area contributed by atoms with E-state index in [1.54, 1.807) is 30.3 Å². The van der Waals surface area contributed by atoms with Crippen molar-refractivity contribution in [2.75, 3.05) is 28.7 Å². The number of rotatable bonds is 5. The van der Waals surface area contributed by atoms with Crippen molar-refractivity contribution in [1.29, 1.82) is 0 Å². The van der Waals surface area contributed by atoms with Crippen LogP contribution in [0.5, 0.6) is 5.75 Å². The van der Waals surface area contributed by atoms with Crippen LogP contribution in [0, 0.1) is 5.92 Å². The van der Waals surface area contributed by atoms with Gasteiger partial charge in [0.05, 0.1) is 15.9 Å². The normalized spacial score (nSPS) is 13.2. The predicted molar refractivity (Wildman–Crippen MR) is 121 cm³/mol. The molecule has 2 heterocycles. The monoisotopic (exact) mass is 458 g/mol. The molecule has 160 valence electrons. The molecule has 31 heavy (non-hydrogen) atoms. The Labute approximate surface area is 187 Å². The van der Waals surface area contributed by atoms with Gasteiger partial charge in [0, 0.05) is 16.6 Å². The minimum atomic E-state index is -0.371. The average Bonchev–Trinajstić information content (AvgIpc) is 3.11. The van der Waals surface area contributed by atoms with Gasteiger partial charge in [-0.25, -0.2) is 4.98 Å². The number of carbonyl (C=O) groups excluding carboxylic acids is 3. The lowest BCUT2D eigenvalue weighted by Gasteiger charge is -2.29. The molecule has 0 radical (unpaired) electrons. The molecule has 0 fully saturated rings. The van der Waals surface area contributed by atoms with E-state index in [4.69, 9.17) is 16.3 Å². The molecule has 0 atom stereocenters. The standard InChI is InChI=1S/C21H19ClN4O4S/c1-11(2)20(29)25-21-24-14-8-13(4-6-17(14)31-21)23-18(27)9-26-15-7-12(22)3-5-16(15)30-10-19(26)28/h3-8,11H,9-10H2,1-2H3,(H,23,27)(H,24,25,29). The summed E-state index contributed by atoms with van der Waals surface area (Å²) in [6.45, 7) is 3.29. The Hall–Kier alpha value is -3.17. The van der Waals surface area contributed by atoms with Gasteiger partial charge >= 0.3 is 0 Å². The Morgan fingerprint density at radius 3 is 2.81 bits per heavy atom. The lowest BCUT2D eigenvalue weighted by Crippen LogP contribution is -2.43. The van der Waals surface area contributed by atoms with Crippen LogP contribution in [0.3, 0.4) is 0 Å². The minimum absolute atomic E-state index is 0.108. The highest BCUT2D eigenvalue weighted by Crippen LogP contribution is 2.34. The molecule has 1 aromatic heterocycles. The van der Waals surface area contributed by atoms with Crippen molar-refractivity contribution in [1.82, 2.24) is 4.98 Å². The van der Waals surface area contributed by atoms with E-state index in [-0.39, 0.29) is 36.8 Å². The van der Waals surface area contributed by atoms with Gasteiger partial charge in [0.1, 0.15) is 12.3 Å². The summed E-state index contributed by atoms with van der Waals surface area (Å²) >= 11 is 7.39. The van der Waals surface area contributed by atoms with Crippen LogP contribution in [0.15, 0.2) is 36.4 Å². The van der Waals surface area contributed by atoms with Crippen molar-refractivity contribution in [3.63, 3.8) is 0 Å². The van der Waals surface area contributed by atoms with Crippen molar-refractivity contribution in [2.24, 2.45) is 5.92 Å². The number of aromatic nitrogens is 1. The third-order valence-corrected chi connectivity index (χ3v) is 5.78. The smallest absolute Gasteiger partial charge is 0.265 e. The zero-order valence-electron chi connectivity index (χ0n) is 16.8. The maximum Gasteiger partial charge on any atom is 0.265 e. The number of amides is 3. The summed E-state index contributed by atoms with van der Waals surface area (Å²) in [5.74, 6) is -0.459. The fourth-order valence-electron chi connectivity index (χ4n) is 3.00. The molecule has 0 spiro atoms. The molecule has 2 aromatic carbocycles. The lowest BCUT2D eigenvalue weighted by atomic mass is 10.2. The zero-order chi connectivity index (χ0) is 22.1. The molecule has 0 unspecified atom stereocenters. The molecule has 0 saturated heterocycles. The number of hydrogen-bond acceptors (Lipinski definition) is 6. The molecule has 3 amide bonds. The van der Waals surface area contributed by atoms with Crippen LogP contribution in [-0.2, 0) is 14.4 Å². The Kier molecular flexibility index (Phi) is 5.79. The van der Waals surface area contributed by atoms with Gasteiger partial charge in [0.2, 0.25) is 11.8 Å². The first-order valence-corrected chi connectivity index (χ1v) is 10.7. The zero-order valence-corrected chi connectivity index (χ0v) is 18.3. The van der Waals surface area contributed by atoms with Crippen molar-refractivity contribution in [3.05, 3.63) is 41.4 Å². The van der Waals surface area contributed by atoms with E-state index in [0.717, 1.165) is 4.70 Å². The van der Waals surface area contributed by atoms with Gasteiger partial charge in [-0.3, -0.25) is 19.3 Å². The van der Waals surface area contributed by atoms with Gasteiger partial charge in [0.25, 0.3) is 5.91 Å². The van der Waals surface area contributed by atoms with Crippen LogP contribution >= 0.6 is 22.9 Å². The molecule has 0 saturated carbocycles. The molecule has 3 aromatic rings. The van der Waals surface area contributed by atoms with Crippen LogP contribution in [-0.4, -0.2) is 35.9 Å². The number of nitrogens with zero attached hydrogens (tertiary/aromatic N) is 2. The molecule has 2 N–H and O–H groups in total. The van der Waals surface area contributed by atoms with Crippen molar-refractivity contribution in [2.45, 2.75) is 13.8 Å². The Morgan fingerprint density at radius 1 is 1.23 bits per heavy atom. The number of benzene rings is 2. The fourth-order valence-corrected chi connectivity index (χ4v) is 4.02. The van der Waals surface area contributed by atoms with E-state index in [0.29, 0.717) is 32.8 Å². The summed E-state index contributed by atoms with van der Waals surface area (Å²) < 4.78 is 6.27. The number of thiazole rings is 1. The lowest BCUT2D eigenvalue weighted by molar-refractivity contribution is -0.123. The number of ether oxygens (including phenoxy) is 1. The third kappa shape index (κ3) is 4.62. The van der Waals surface area contributed by atoms with Gasteiger partial charge in [-0.15, -0.1) is 0 Å². The number of anilines is 3. The van der Waals surface area contributed by atoms with E-state index < -0.39 is 0 Å².